The first-order valence-electron chi connectivity index (χ1n) is 8.92. The lowest BCUT2D eigenvalue weighted by Crippen LogP contribution is -2.03. The molecule has 0 spiro atoms. The van der Waals surface area contributed by atoms with Crippen molar-refractivity contribution in [3.05, 3.63) is 59.2 Å². The molecule has 0 fully saturated rings. The predicted molar refractivity (Wildman–Crippen MR) is 113 cm³/mol. The van der Waals surface area contributed by atoms with Crippen LogP contribution in [-0.4, -0.2) is 24.1 Å². The summed E-state index contributed by atoms with van der Waals surface area (Å²) in [7, 11) is 0. The molecule has 0 bridgehead atoms. The quantitative estimate of drug-likeness (QED) is 0.459. The lowest BCUT2D eigenvalue weighted by atomic mass is 10.0. The highest BCUT2D eigenvalue weighted by Crippen LogP contribution is 2.38. The molecule has 0 aliphatic carbocycles. The zero-order valence-corrected chi connectivity index (χ0v) is 17.1. The van der Waals surface area contributed by atoms with Crippen LogP contribution in [0.1, 0.15) is 42.3 Å². The lowest BCUT2D eigenvalue weighted by molar-refractivity contribution is 0.0526. The molecule has 1 atom stereocenters. The van der Waals surface area contributed by atoms with Gasteiger partial charge in [-0.2, -0.15) is 0 Å². The van der Waals surface area contributed by atoms with Gasteiger partial charge in [-0.3, -0.25) is 0 Å². The summed E-state index contributed by atoms with van der Waals surface area (Å²) in [6.45, 7) is 6.67. The summed E-state index contributed by atoms with van der Waals surface area (Å²) in [5.74, 6) is 2.85. The molecule has 26 heavy (non-hydrogen) atoms. The zero-order chi connectivity index (χ0) is 18.5. The molecule has 0 amide bonds. The van der Waals surface area contributed by atoms with Gasteiger partial charge < -0.3 is 4.74 Å². The Balaban J connectivity index is 1.78. The molecule has 0 N–H and O–H groups in total. The van der Waals surface area contributed by atoms with Crippen molar-refractivity contribution in [1.29, 1.82) is 0 Å². The predicted octanol–water partition coefficient (Wildman–Crippen LogP) is 6.26. The number of hydrogen-bond donors (Lipinski definition) is 0. The van der Waals surface area contributed by atoms with Gasteiger partial charge in [0.2, 0.25) is 0 Å². The number of carbonyl (C=O) groups is 1. The summed E-state index contributed by atoms with van der Waals surface area (Å²) in [6, 6.07) is 14.3. The van der Waals surface area contributed by atoms with E-state index in [1.54, 1.807) is 0 Å². The van der Waals surface area contributed by atoms with Crippen LogP contribution in [0.4, 0.5) is 0 Å². The molecule has 4 heteroatoms. The fraction of sp³-hybridized carbons (Fsp3) is 0.318. The van der Waals surface area contributed by atoms with E-state index in [1.807, 2.05) is 54.7 Å². The van der Waals surface area contributed by atoms with Crippen LogP contribution in [0.25, 0.3) is 11.6 Å². The maximum atomic E-state index is 11.7. The second-order valence-electron chi connectivity index (χ2n) is 6.56. The van der Waals surface area contributed by atoms with Crippen LogP contribution in [0.15, 0.2) is 52.3 Å². The van der Waals surface area contributed by atoms with E-state index in [-0.39, 0.29) is 5.97 Å². The van der Waals surface area contributed by atoms with E-state index in [9.17, 15) is 4.79 Å². The Bertz CT molecular complexity index is 809. The van der Waals surface area contributed by atoms with E-state index in [0.717, 1.165) is 11.5 Å². The van der Waals surface area contributed by atoms with Crippen LogP contribution in [0.3, 0.4) is 0 Å². The van der Waals surface area contributed by atoms with Crippen LogP contribution in [0.2, 0.25) is 0 Å². The average Bonchev–Trinajstić information content (AvgIpc) is 2.84. The Morgan fingerprint density at radius 3 is 2.42 bits per heavy atom. The molecule has 1 unspecified atom stereocenters. The maximum Gasteiger partial charge on any atom is 0.338 e. The molecule has 0 saturated carbocycles. The smallest absolute Gasteiger partial charge is 0.338 e. The molecule has 1 aliphatic heterocycles. The van der Waals surface area contributed by atoms with Crippen molar-refractivity contribution in [3.8, 4) is 0 Å². The second kappa shape index (κ2) is 8.83. The Morgan fingerprint density at radius 2 is 1.73 bits per heavy atom. The van der Waals surface area contributed by atoms with Gasteiger partial charge in [-0.1, -0.05) is 31.2 Å². The molecule has 0 saturated heterocycles. The highest BCUT2D eigenvalue weighted by Gasteiger charge is 2.14. The van der Waals surface area contributed by atoms with E-state index in [0.29, 0.717) is 12.2 Å². The second-order valence-corrected chi connectivity index (χ2v) is 8.68. The summed E-state index contributed by atoms with van der Waals surface area (Å²) >= 11 is 3.93. The van der Waals surface area contributed by atoms with Gasteiger partial charge in [-0.05, 0) is 60.7 Å². The third kappa shape index (κ3) is 4.74. The number of thioether (sulfide) groups is 2. The third-order valence-corrected chi connectivity index (χ3v) is 7.17. The number of allylic oxidation sites excluding steroid dienone is 1. The minimum Gasteiger partial charge on any atom is -0.462 e. The van der Waals surface area contributed by atoms with Crippen LogP contribution >= 0.6 is 23.5 Å². The van der Waals surface area contributed by atoms with E-state index in [2.05, 4.69) is 38.1 Å². The Morgan fingerprint density at radius 1 is 1.08 bits per heavy atom. The number of fused-ring (bicyclic) bond motifs is 1. The monoisotopic (exact) mass is 384 g/mol. The SMILES string of the molecule is CCOC(=O)c1ccc(C=C(C)c2ccc3c(c2)SCC(C)CS3)cc1. The molecular weight excluding hydrogens is 360 g/mol. The van der Waals surface area contributed by atoms with Gasteiger partial charge in [0.05, 0.1) is 12.2 Å². The van der Waals surface area contributed by atoms with Gasteiger partial charge in [-0.25, -0.2) is 4.79 Å². The zero-order valence-electron chi connectivity index (χ0n) is 15.5. The number of carbonyl (C=O) groups excluding carboxylic acids is 1. The van der Waals surface area contributed by atoms with Gasteiger partial charge in [0.25, 0.3) is 0 Å². The number of benzene rings is 2. The van der Waals surface area contributed by atoms with Crippen molar-refractivity contribution < 1.29 is 9.53 Å². The largest absolute Gasteiger partial charge is 0.462 e. The molecular formula is C22H24O2S2. The van der Waals surface area contributed by atoms with Crippen molar-refractivity contribution in [1.82, 2.24) is 0 Å². The van der Waals surface area contributed by atoms with Gasteiger partial charge in [-0.15, -0.1) is 23.5 Å². The molecule has 1 aliphatic rings. The number of ether oxygens (including phenoxy) is 1. The first kappa shape index (κ1) is 19.1. The van der Waals surface area contributed by atoms with Gasteiger partial charge in [0, 0.05) is 21.3 Å². The topological polar surface area (TPSA) is 26.3 Å². The molecule has 3 rings (SSSR count). The fourth-order valence-corrected chi connectivity index (χ4v) is 5.21. The number of hydrogen-bond acceptors (Lipinski definition) is 4. The Hall–Kier alpha value is -1.65. The Labute approximate surface area is 164 Å². The number of rotatable bonds is 4. The first-order chi connectivity index (χ1) is 12.6. The molecule has 2 aromatic carbocycles. The Kier molecular flexibility index (Phi) is 6.49. The maximum absolute atomic E-state index is 11.7. The summed E-state index contributed by atoms with van der Waals surface area (Å²) in [5, 5.41) is 0. The summed E-state index contributed by atoms with van der Waals surface area (Å²) in [4.78, 5) is 14.5. The van der Waals surface area contributed by atoms with Crippen molar-refractivity contribution in [2.75, 3.05) is 18.1 Å². The van der Waals surface area contributed by atoms with Gasteiger partial charge in [0.15, 0.2) is 0 Å². The van der Waals surface area contributed by atoms with Crippen LogP contribution in [-0.2, 0) is 4.74 Å². The lowest BCUT2D eigenvalue weighted by Gasteiger charge is -2.09. The van der Waals surface area contributed by atoms with Crippen LogP contribution in [0.5, 0.6) is 0 Å². The van der Waals surface area contributed by atoms with E-state index in [1.165, 1.54) is 32.4 Å². The van der Waals surface area contributed by atoms with E-state index in [4.69, 9.17) is 4.74 Å². The van der Waals surface area contributed by atoms with Crippen molar-refractivity contribution in [2.45, 2.75) is 30.6 Å². The average molecular weight is 385 g/mol. The van der Waals surface area contributed by atoms with Crippen LogP contribution in [0, 0.1) is 5.92 Å². The molecule has 0 aromatic heterocycles. The molecule has 1 heterocycles. The molecule has 2 aromatic rings. The normalized spacial score (nSPS) is 17.3. The third-order valence-electron chi connectivity index (χ3n) is 4.25. The molecule has 136 valence electrons. The summed E-state index contributed by atoms with van der Waals surface area (Å²) < 4.78 is 5.03. The van der Waals surface area contributed by atoms with E-state index < -0.39 is 0 Å². The van der Waals surface area contributed by atoms with Gasteiger partial charge in [0.1, 0.15) is 0 Å². The molecule has 2 nitrogen and oxygen atoms in total. The molecule has 0 radical (unpaired) electrons. The number of esters is 1. The van der Waals surface area contributed by atoms with Crippen molar-refractivity contribution >= 4 is 41.1 Å². The summed E-state index contributed by atoms with van der Waals surface area (Å²) in [5.41, 5.74) is 4.15. The van der Waals surface area contributed by atoms with E-state index >= 15 is 0 Å². The minimum absolute atomic E-state index is 0.269. The van der Waals surface area contributed by atoms with Crippen molar-refractivity contribution in [2.24, 2.45) is 5.92 Å². The standard InChI is InChI=1S/C22H24O2S2/c1-4-24-22(23)18-7-5-17(6-8-18)11-16(3)19-9-10-20-21(12-19)26-14-15(2)13-25-20/h5-12,15H,4,13-14H2,1-3H3. The van der Waals surface area contributed by atoms with Crippen molar-refractivity contribution in [3.63, 3.8) is 0 Å². The highest BCUT2D eigenvalue weighted by molar-refractivity contribution is 8.03. The fourth-order valence-electron chi connectivity index (χ4n) is 2.76. The van der Waals surface area contributed by atoms with Crippen LogP contribution < -0.4 is 0 Å². The summed E-state index contributed by atoms with van der Waals surface area (Å²) in [6.07, 6.45) is 2.16. The van der Waals surface area contributed by atoms with Gasteiger partial charge >= 0.3 is 5.97 Å². The first-order valence-corrected chi connectivity index (χ1v) is 10.9. The minimum atomic E-state index is -0.269. The highest BCUT2D eigenvalue weighted by atomic mass is 32.2.